The van der Waals surface area contributed by atoms with Crippen LogP contribution < -0.4 is 10.1 Å². The highest BCUT2D eigenvalue weighted by atomic mass is 79.9. The molecule has 0 fully saturated rings. The maximum atomic E-state index is 5.06. The predicted molar refractivity (Wildman–Crippen MR) is 83.1 cm³/mol. The van der Waals surface area contributed by atoms with Gasteiger partial charge in [0.15, 0.2) is 5.82 Å². The lowest BCUT2D eigenvalue weighted by atomic mass is 10.2. The molecule has 0 aliphatic carbocycles. The lowest BCUT2D eigenvalue weighted by Crippen LogP contribution is -2.03. The highest BCUT2D eigenvalue weighted by Crippen LogP contribution is 2.27. The third-order valence-corrected chi connectivity index (χ3v) is 3.68. The van der Waals surface area contributed by atoms with Gasteiger partial charge < -0.3 is 10.1 Å². The van der Waals surface area contributed by atoms with E-state index in [9.17, 15) is 0 Å². The zero-order valence-electron chi connectivity index (χ0n) is 11.8. The summed E-state index contributed by atoms with van der Waals surface area (Å²) in [5, 5.41) is 3.08. The van der Waals surface area contributed by atoms with E-state index in [0.717, 1.165) is 34.4 Å². The van der Waals surface area contributed by atoms with Gasteiger partial charge in [-0.1, -0.05) is 13.3 Å². The molecule has 20 heavy (non-hydrogen) atoms. The molecule has 5 nitrogen and oxygen atoms in total. The van der Waals surface area contributed by atoms with Gasteiger partial charge in [-0.2, -0.15) is 0 Å². The molecule has 0 aliphatic heterocycles. The Morgan fingerprint density at radius 2 is 2.10 bits per heavy atom. The van der Waals surface area contributed by atoms with Gasteiger partial charge in [-0.3, -0.25) is 0 Å². The van der Waals surface area contributed by atoms with E-state index in [0.29, 0.717) is 11.7 Å². The zero-order valence-corrected chi connectivity index (χ0v) is 13.4. The number of anilines is 1. The second-order valence-electron chi connectivity index (χ2n) is 4.25. The van der Waals surface area contributed by atoms with Crippen molar-refractivity contribution in [2.75, 3.05) is 19.5 Å². The summed E-state index contributed by atoms with van der Waals surface area (Å²) in [5.41, 5.74) is 1.87. The summed E-state index contributed by atoms with van der Waals surface area (Å²) in [6, 6.07) is 3.71. The Hall–Kier alpha value is -1.69. The van der Waals surface area contributed by atoms with Crippen LogP contribution in [-0.2, 0) is 6.42 Å². The van der Waals surface area contributed by atoms with Crippen molar-refractivity contribution in [1.82, 2.24) is 15.0 Å². The first-order valence-electron chi connectivity index (χ1n) is 6.44. The second kappa shape index (κ2) is 6.65. The predicted octanol–water partition coefficient (Wildman–Crippen LogP) is 3.30. The fourth-order valence-corrected chi connectivity index (χ4v) is 2.40. The minimum atomic E-state index is 0.577. The normalized spacial score (nSPS) is 10.4. The summed E-state index contributed by atoms with van der Waals surface area (Å²) in [6.07, 6.45) is 3.64. The molecule has 0 bridgehead atoms. The highest BCUT2D eigenvalue weighted by molar-refractivity contribution is 9.10. The average molecular weight is 337 g/mol. The zero-order chi connectivity index (χ0) is 14.5. The van der Waals surface area contributed by atoms with Crippen LogP contribution in [0.2, 0.25) is 0 Å². The maximum absolute atomic E-state index is 5.06. The number of hydrogen-bond donors (Lipinski definition) is 1. The Kier molecular flexibility index (Phi) is 4.89. The molecule has 106 valence electrons. The SMILES string of the molecule is CCCc1nc(-c2ccc(OC)nc2)nc(NC)c1Br. The monoisotopic (exact) mass is 336 g/mol. The Morgan fingerprint density at radius 3 is 2.65 bits per heavy atom. The Bertz CT molecular complexity index is 586. The third kappa shape index (κ3) is 3.07. The maximum Gasteiger partial charge on any atom is 0.212 e. The summed E-state index contributed by atoms with van der Waals surface area (Å²) in [4.78, 5) is 13.3. The van der Waals surface area contributed by atoms with Crippen molar-refractivity contribution in [3.05, 3.63) is 28.5 Å². The molecule has 0 radical (unpaired) electrons. The van der Waals surface area contributed by atoms with Gasteiger partial charge in [0.25, 0.3) is 0 Å². The number of aryl methyl sites for hydroxylation is 1. The first-order chi connectivity index (χ1) is 9.69. The number of ether oxygens (including phenoxy) is 1. The van der Waals surface area contributed by atoms with Crippen LogP contribution in [-0.4, -0.2) is 29.1 Å². The van der Waals surface area contributed by atoms with Gasteiger partial charge in [0.05, 0.1) is 17.3 Å². The number of rotatable bonds is 5. The fraction of sp³-hybridized carbons (Fsp3) is 0.357. The topological polar surface area (TPSA) is 59.9 Å². The largest absolute Gasteiger partial charge is 0.481 e. The molecule has 2 aromatic rings. The number of nitrogens with zero attached hydrogens (tertiary/aromatic N) is 3. The number of aromatic nitrogens is 3. The lowest BCUT2D eigenvalue weighted by molar-refractivity contribution is 0.398. The smallest absolute Gasteiger partial charge is 0.212 e. The molecule has 2 aromatic heterocycles. The van der Waals surface area contributed by atoms with Crippen LogP contribution in [0.1, 0.15) is 19.0 Å². The molecule has 2 rings (SSSR count). The molecule has 0 aliphatic rings. The van der Waals surface area contributed by atoms with E-state index in [1.54, 1.807) is 19.4 Å². The molecule has 0 spiro atoms. The lowest BCUT2D eigenvalue weighted by Gasteiger charge is -2.10. The Morgan fingerprint density at radius 1 is 1.30 bits per heavy atom. The van der Waals surface area contributed by atoms with Gasteiger partial charge in [-0.15, -0.1) is 0 Å². The van der Waals surface area contributed by atoms with Crippen molar-refractivity contribution in [2.45, 2.75) is 19.8 Å². The summed E-state index contributed by atoms with van der Waals surface area (Å²) >= 11 is 3.55. The van der Waals surface area contributed by atoms with Crippen molar-refractivity contribution >= 4 is 21.7 Å². The standard InChI is InChI=1S/C14H17BrN4O/c1-4-5-10-12(15)14(16-2)19-13(18-10)9-6-7-11(20-3)17-8-9/h6-8H,4-5H2,1-3H3,(H,16,18,19). The van der Waals surface area contributed by atoms with Gasteiger partial charge in [-0.05, 0) is 28.4 Å². The number of nitrogens with one attached hydrogen (secondary N) is 1. The molecule has 0 saturated heterocycles. The van der Waals surface area contributed by atoms with E-state index in [1.807, 2.05) is 13.1 Å². The molecule has 0 atom stereocenters. The molecule has 6 heteroatoms. The van der Waals surface area contributed by atoms with Crippen molar-refractivity contribution in [3.63, 3.8) is 0 Å². The summed E-state index contributed by atoms with van der Waals surface area (Å²) in [7, 11) is 3.44. The quantitative estimate of drug-likeness (QED) is 0.907. The van der Waals surface area contributed by atoms with Crippen LogP contribution in [0.4, 0.5) is 5.82 Å². The van der Waals surface area contributed by atoms with Gasteiger partial charge in [0.1, 0.15) is 5.82 Å². The molecule has 2 heterocycles. The number of halogens is 1. The van der Waals surface area contributed by atoms with Crippen LogP contribution in [0.5, 0.6) is 5.88 Å². The summed E-state index contributed by atoms with van der Waals surface area (Å²) < 4.78 is 5.98. The first kappa shape index (κ1) is 14.7. The second-order valence-corrected chi connectivity index (χ2v) is 5.04. The Labute approximate surface area is 127 Å². The molecular weight excluding hydrogens is 320 g/mol. The fourth-order valence-electron chi connectivity index (χ4n) is 1.82. The number of methoxy groups -OCH3 is 1. The van der Waals surface area contributed by atoms with Crippen LogP contribution in [0, 0.1) is 0 Å². The molecule has 0 aromatic carbocycles. The summed E-state index contributed by atoms with van der Waals surface area (Å²) in [6.45, 7) is 2.13. The van der Waals surface area contributed by atoms with E-state index in [-0.39, 0.29) is 0 Å². The number of hydrogen-bond acceptors (Lipinski definition) is 5. The van der Waals surface area contributed by atoms with Crippen LogP contribution in [0.15, 0.2) is 22.8 Å². The minimum Gasteiger partial charge on any atom is -0.481 e. The van der Waals surface area contributed by atoms with Crippen LogP contribution in [0.3, 0.4) is 0 Å². The molecule has 0 amide bonds. The van der Waals surface area contributed by atoms with Gasteiger partial charge >= 0.3 is 0 Å². The van der Waals surface area contributed by atoms with Crippen molar-refractivity contribution < 1.29 is 4.74 Å². The first-order valence-corrected chi connectivity index (χ1v) is 7.23. The van der Waals surface area contributed by atoms with Crippen molar-refractivity contribution in [2.24, 2.45) is 0 Å². The van der Waals surface area contributed by atoms with Gasteiger partial charge in [-0.25, -0.2) is 15.0 Å². The molecule has 0 unspecified atom stereocenters. The molecule has 1 N–H and O–H groups in total. The van der Waals surface area contributed by atoms with E-state index in [1.165, 1.54) is 0 Å². The van der Waals surface area contributed by atoms with E-state index < -0.39 is 0 Å². The van der Waals surface area contributed by atoms with Crippen LogP contribution >= 0.6 is 15.9 Å². The minimum absolute atomic E-state index is 0.577. The molecular formula is C14H17BrN4O. The number of pyridine rings is 1. The van der Waals surface area contributed by atoms with E-state index in [2.05, 4.69) is 43.1 Å². The molecule has 0 saturated carbocycles. The summed E-state index contributed by atoms with van der Waals surface area (Å²) in [5.74, 6) is 2.03. The highest BCUT2D eigenvalue weighted by Gasteiger charge is 2.12. The van der Waals surface area contributed by atoms with Crippen molar-refractivity contribution in [1.29, 1.82) is 0 Å². The van der Waals surface area contributed by atoms with Gasteiger partial charge in [0.2, 0.25) is 5.88 Å². The Balaban J connectivity index is 2.46. The van der Waals surface area contributed by atoms with E-state index >= 15 is 0 Å². The van der Waals surface area contributed by atoms with E-state index in [4.69, 9.17) is 4.74 Å². The third-order valence-electron chi connectivity index (χ3n) is 2.85. The van der Waals surface area contributed by atoms with Crippen molar-refractivity contribution in [3.8, 4) is 17.3 Å². The average Bonchev–Trinajstić information content (AvgIpc) is 2.49. The van der Waals surface area contributed by atoms with Gasteiger partial charge in [0, 0.05) is 24.9 Å². The van der Waals surface area contributed by atoms with Crippen LogP contribution in [0.25, 0.3) is 11.4 Å².